The van der Waals surface area contributed by atoms with Gasteiger partial charge in [-0.3, -0.25) is 4.79 Å². The van der Waals surface area contributed by atoms with Crippen molar-refractivity contribution < 1.29 is 9.53 Å². The molecule has 1 saturated heterocycles. The summed E-state index contributed by atoms with van der Waals surface area (Å²) in [5.74, 6) is 1.77. The fraction of sp³-hybridized carbons (Fsp3) is 0.588. The van der Waals surface area contributed by atoms with E-state index in [0.717, 1.165) is 38.2 Å². The maximum Gasteiger partial charge on any atom is 0.236 e. The minimum absolute atomic E-state index is 0.224. The van der Waals surface area contributed by atoms with Crippen LogP contribution >= 0.6 is 0 Å². The number of benzene rings is 1. The van der Waals surface area contributed by atoms with Crippen LogP contribution in [0, 0.1) is 5.92 Å². The van der Waals surface area contributed by atoms with Crippen molar-refractivity contribution in [2.24, 2.45) is 5.92 Å². The third-order valence-corrected chi connectivity index (χ3v) is 4.05. The van der Waals surface area contributed by atoms with Crippen LogP contribution in [0.5, 0.6) is 5.75 Å². The molecule has 0 radical (unpaired) electrons. The number of ether oxygens (including phenoxy) is 1. The summed E-state index contributed by atoms with van der Waals surface area (Å²) < 4.78 is 5.33. The maximum atomic E-state index is 12.1. The van der Waals surface area contributed by atoms with Crippen molar-refractivity contribution in [3.05, 3.63) is 29.8 Å². The zero-order valence-electron chi connectivity index (χ0n) is 13.1. The van der Waals surface area contributed by atoms with Crippen molar-refractivity contribution in [2.75, 3.05) is 33.3 Å². The van der Waals surface area contributed by atoms with Crippen LogP contribution in [0.15, 0.2) is 24.3 Å². The van der Waals surface area contributed by atoms with Crippen molar-refractivity contribution in [2.45, 2.75) is 26.2 Å². The first kappa shape index (κ1) is 15.8. The zero-order chi connectivity index (χ0) is 15.1. The number of para-hydroxylation sites is 1. The van der Waals surface area contributed by atoms with E-state index in [-0.39, 0.29) is 5.91 Å². The van der Waals surface area contributed by atoms with E-state index < -0.39 is 0 Å². The van der Waals surface area contributed by atoms with Gasteiger partial charge in [-0.25, -0.2) is 0 Å². The van der Waals surface area contributed by atoms with E-state index in [2.05, 4.69) is 18.3 Å². The molecule has 0 aliphatic carbocycles. The van der Waals surface area contributed by atoms with Gasteiger partial charge in [-0.2, -0.15) is 0 Å². The number of hydrogen-bond donors (Lipinski definition) is 1. The minimum atomic E-state index is 0.224. The van der Waals surface area contributed by atoms with Crippen LogP contribution in [0.25, 0.3) is 0 Å². The molecule has 1 aromatic rings. The molecule has 1 aromatic carbocycles. The van der Waals surface area contributed by atoms with E-state index >= 15 is 0 Å². The molecule has 0 saturated carbocycles. The van der Waals surface area contributed by atoms with E-state index in [1.807, 2.05) is 23.1 Å². The Kier molecular flexibility index (Phi) is 6.05. The largest absolute Gasteiger partial charge is 0.496 e. The van der Waals surface area contributed by atoms with Gasteiger partial charge in [-0.1, -0.05) is 25.1 Å². The number of carbonyl (C=O) groups excluding carboxylic acids is 1. The molecular formula is C17H26N2O2. The Bertz CT molecular complexity index is 462. The van der Waals surface area contributed by atoms with E-state index in [0.29, 0.717) is 12.5 Å². The standard InChI is InChI=1S/C17H26N2O2/c1-14-6-5-11-19(13-14)17(20)12-18-10-9-15-7-3-4-8-16(15)21-2/h3-4,7-8,14,18H,5-6,9-13H2,1-2H3. The second-order valence-electron chi connectivity index (χ2n) is 5.83. The van der Waals surface area contributed by atoms with Gasteiger partial charge in [0.05, 0.1) is 13.7 Å². The number of amides is 1. The van der Waals surface area contributed by atoms with Gasteiger partial charge >= 0.3 is 0 Å². The Hall–Kier alpha value is -1.55. The summed E-state index contributed by atoms with van der Waals surface area (Å²) >= 11 is 0. The Morgan fingerprint density at radius 3 is 3.00 bits per heavy atom. The third-order valence-electron chi connectivity index (χ3n) is 4.05. The smallest absolute Gasteiger partial charge is 0.236 e. The van der Waals surface area contributed by atoms with E-state index in [4.69, 9.17) is 4.74 Å². The van der Waals surface area contributed by atoms with Crippen LogP contribution in [0.2, 0.25) is 0 Å². The van der Waals surface area contributed by atoms with E-state index in [1.54, 1.807) is 7.11 Å². The van der Waals surface area contributed by atoms with Crippen molar-refractivity contribution >= 4 is 5.91 Å². The average molecular weight is 290 g/mol. The predicted molar refractivity (Wildman–Crippen MR) is 84.5 cm³/mol. The van der Waals surface area contributed by atoms with Gasteiger partial charge in [0.15, 0.2) is 0 Å². The molecule has 4 heteroatoms. The van der Waals surface area contributed by atoms with Gasteiger partial charge < -0.3 is 15.0 Å². The molecule has 0 spiro atoms. The number of rotatable bonds is 6. The quantitative estimate of drug-likeness (QED) is 0.816. The lowest BCUT2D eigenvalue weighted by Gasteiger charge is -2.31. The molecule has 1 heterocycles. The minimum Gasteiger partial charge on any atom is -0.496 e. The van der Waals surface area contributed by atoms with Crippen LogP contribution in [0.1, 0.15) is 25.3 Å². The number of piperidine rings is 1. The summed E-state index contributed by atoms with van der Waals surface area (Å²) in [5, 5.41) is 3.25. The summed E-state index contributed by atoms with van der Waals surface area (Å²) in [6, 6.07) is 8.01. The Morgan fingerprint density at radius 1 is 1.43 bits per heavy atom. The summed E-state index contributed by atoms with van der Waals surface area (Å²) in [6.45, 7) is 5.26. The molecule has 1 unspecified atom stereocenters. The fourth-order valence-corrected chi connectivity index (χ4v) is 2.86. The molecule has 4 nitrogen and oxygen atoms in total. The zero-order valence-corrected chi connectivity index (χ0v) is 13.1. The van der Waals surface area contributed by atoms with Gasteiger partial charge in [0.2, 0.25) is 5.91 Å². The fourth-order valence-electron chi connectivity index (χ4n) is 2.86. The Labute approximate surface area is 127 Å². The summed E-state index contributed by atoms with van der Waals surface area (Å²) in [5.41, 5.74) is 1.17. The van der Waals surface area contributed by atoms with E-state index in [9.17, 15) is 4.79 Å². The number of methoxy groups -OCH3 is 1. The van der Waals surface area contributed by atoms with Gasteiger partial charge in [0.25, 0.3) is 0 Å². The molecule has 1 fully saturated rings. The van der Waals surface area contributed by atoms with E-state index in [1.165, 1.54) is 12.0 Å². The first-order valence-electron chi connectivity index (χ1n) is 7.81. The highest BCUT2D eigenvalue weighted by molar-refractivity contribution is 5.78. The maximum absolute atomic E-state index is 12.1. The molecule has 1 aliphatic heterocycles. The first-order valence-corrected chi connectivity index (χ1v) is 7.81. The molecule has 1 aliphatic rings. The number of hydrogen-bond acceptors (Lipinski definition) is 3. The highest BCUT2D eigenvalue weighted by atomic mass is 16.5. The van der Waals surface area contributed by atoms with Crippen LogP contribution in [0.4, 0.5) is 0 Å². The number of likely N-dealkylation sites (tertiary alicyclic amines) is 1. The van der Waals surface area contributed by atoms with Crippen LogP contribution < -0.4 is 10.1 Å². The highest BCUT2D eigenvalue weighted by Crippen LogP contribution is 2.17. The molecular weight excluding hydrogens is 264 g/mol. The topological polar surface area (TPSA) is 41.6 Å². The molecule has 0 aromatic heterocycles. The lowest BCUT2D eigenvalue weighted by molar-refractivity contribution is -0.131. The summed E-state index contributed by atoms with van der Waals surface area (Å²) in [4.78, 5) is 14.1. The van der Waals surface area contributed by atoms with Crippen LogP contribution in [0.3, 0.4) is 0 Å². The number of nitrogens with one attached hydrogen (secondary N) is 1. The molecule has 2 rings (SSSR count). The second-order valence-corrected chi connectivity index (χ2v) is 5.83. The normalized spacial score (nSPS) is 18.6. The molecule has 21 heavy (non-hydrogen) atoms. The SMILES string of the molecule is COc1ccccc1CCNCC(=O)N1CCCC(C)C1. The molecule has 116 valence electrons. The lowest BCUT2D eigenvalue weighted by atomic mass is 10.0. The summed E-state index contributed by atoms with van der Waals surface area (Å²) in [6.07, 6.45) is 3.24. The summed E-state index contributed by atoms with van der Waals surface area (Å²) in [7, 11) is 1.69. The number of carbonyl (C=O) groups is 1. The second kappa shape index (κ2) is 8.03. The van der Waals surface area contributed by atoms with Gasteiger partial charge in [-0.15, -0.1) is 0 Å². The Morgan fingerprint density at radius 2 is 2.24 bits per heavy atom. The highest BCUT2D eigenvalue weighted by Gasteiger charge is 2.20. The van der Waals surface area contributed by atoms with Gasteiger partial charge in [0.1, 0.15) is 5.75 Å². The lowest BCUT2D eigenvalue weighted by Crippen LogP contribution is -2.43. The first-order chi connectivity index (χ1) is 10.2. The van der Waals surface area contributed by atoms with Crippen LogP contribution in [-0.2, 0) is 11.2 Å². The van der Waals surface area contributed by atoms with Crippen molar-refractivity contribution in [1.82, 2.24) is 10.2 Å². The average Bonchev–Trinajstić information content (AvgIpc) is 2.51. The van der Waals surface area contributed by atoms with Crippen LogP contribution in [-0.4, -0.2) is 44.1 Å². The molecule has 0 bridgehead atoms. The van der Waals surface area contributed by atoms with Gasteiger partial charge in [-0.05, 0) is 43.4 Å². The molecule has 1 atom stereocenters. The third kappa shape index (κ3) is 4.74. The van der Waals surface area contributed by atoms with Crippen molar-refractivity contribution in [1.29, 1.82) is 0 Å². The van der Waals surface area contributed by atoms with Gasteiger partial charge in [0, 0.05) is 13.1 Å². The van der Waals surface area contributed by atoms with Crippen molar-refractivity contribution in [3.63, 3.8) is 0 Å². The van der Waals surface area contributed by atoms with Crippen molar-refractivity contribution in [3.8, 4) is 5.75 Å². The predicted octanol–water partition coefficient (Wildman–Crippen LogP) is 2.09. The number of nitrogens with zero attached hydrogens (tertiary/aromatic N) is 1. The molecule has 1 amide bonds. The monoisotopic (exact) mass is 290 g/mol. The molecule has 1 N–H and O–H groups in total. The Balaban J connectivity index is 1.70.